The van der Waals surface area contributed by atoms with Gasteiger partial charge in [0.2, 0.25) is 0 Å². The number of rotatable bonds is 7. The van der Waals surface area contributed by atoms with Gasteiger partial charge in [0.25, 0.3) is 5.91 Å². The molecule has 0 spiro atoms. The Bertz CT molecular complexity index is 898. The van der Waals surface area contributed by atoms with E-state index in [0.29, 0.717) is 35.9 Å². The van der Waals surface area contributed by atoms with Gasteiger partial charge in [-0.3, -0.25) is 4.79 Å². The Morgan fingerprint density at radius 2 is 2.04 bits per heavy atom. The molecule has 2 aromatic carbocycles. The minimum atomic E-state index is -0.144. The molecule has 0 unspecified atom stereocenters. The molecule has 0 fully saturated rings. The highest BCUT2D eigenvalue weighted by Crippen LogP contribution is 2.17. The van der Waals surface area contributed by atoms with Crippen molar-refractivity contribution in [2.24, 2.45) is 0 Å². The Labute approximate surface area is 161 Å². The fourth-order valence-electron chi connectivity index (χ4n) is 2.37. The Balaban J connectivity index is 1.54. The summed E-state index contributed by atoms with van der Waals surface area (Å²) < 4.78 is 14.0. The molecule has 0 saturated carbocycles. The van der Waals surface area contributed by atoms with E-state index in [2.05, 4.69) is 14.1 Å². The smallest absolute Gasteiger partial charge is 0.251 e. The number of benzene rings is 2. The number of amides is 1. The molecular formula is C19H18ClN3O2S. The van der Waals surface area contributed by atoms with Gasteiger partial charge in [0, 0.05) is 17.1 Å². The molecule has 1 amide bonds. The lowest BCUT2D eigenvalue weighted by Crippen LogP contribution is -2.25. The standard InChI is InChI=1S/C19H18ClN3O2S/c1-13-18(23-26-22-13)12-25-16-7-4-6-15(11-16)19(24)21-10-9-14-5-2-3-8-17(14)20/h2-8,11H,9-10,12H2,1H3,(H,21,24). The van der Waals surface area contributed by atoms with Crippen molar-refractivity contribution in [1.29, 1.82) is 0 Å². The highest BCUT2D eigenvalue weighted by atomic mass is 35.5. The minimum Gasteiger partial charge on any atom is -0.487 e. The van der Waals surface area contributed by atoms with Crippen molar-refractivity contribution in [3.63, 3.8) is 0 Å². The first kappa shape index (κ1) is 18.4. The predicted molar refractivity (Wildman–Crippen MR) is 103 cm³/mol. The number of aryl methyl sites for hydroxylation is 1. The van der Waals surface area contributed by atoms with Crippen LogP contribution in [0.25, 0.3) is 0 Å². The van der Waals surface area contributed by atoms with Gasteiger partial charge in [-0.05, 0) is 43.2 Å². The SMILES string of the molecule is Cc1nsnc1COc1cccc(C(=O)NCCc2ccccc2Cl)c1. The van der Waals surface area contributed by atoms with Crippen molar-refractivity contribution < 1.29 is 9.53 Å². The number of hydrogen-bond donors (Lipinski definition) is 1. The number of halogens is 1. The molecule has 7 heteroatoms. The first-order valence-corrected chi connectivity index (χ1v) is 9.27. The Morgan fingerprint density at radius 1 is 1.19 bits per heavy atom. The third kappa shape index (κ3) is 4.80. The summed E-state index contributed by atoms with van der Waals surface area (Å²) in [4.78, 5) is 12.3. The van der Waals surface area contributed by atoms with Gasteiger partial charge in [0.15, 0.2) is 0 Å². The molecule has 0 aliphatic rings. The van der Waals surface area contributed by atoms with Crippen molar-refractivity contribution in [3.05, 3.63) is 76.1 Å². The maximum Gasteiger partial charge on any atom is 0.251 e. The number of carbonyl (C=O) groups excluding carboxylic acids is 1. The molecule has 134 valence electrons. The van der Waals surface area contributed by atoms with Gasteiger partial charge < -0.3 is 10.1 Å². The lowest BCUT2D eigenvalue weighted by molar-refractivity contribution is 0.0953. The van der Waals surface area contributed by atoms with Crippen LogP contribution in [0.15, 0.2) is 48.5 Å². The zero-order chi connectivity index (χ0) is 18.4. The number of aromatic nitrogens is 2. The lowest BCUT2D eigenvalue weighted by Gasteiger charge is -2.09. The summed E-state index contributed by atoms with van der Waals surface area (Å²) in [5.41, 5.74) is 3.24. The van der Waals surface area contributed by atoms with E-state index in [1.807, 2.05) is 37.3 Å². The summed E-state index contributed by atoms with van der Waals surface area (Å²) in [6.07, 6.45) is 0.678. The van der Waals surface area contributed by atoms with Crippen LogP contribution in [-0.4, -0.2) is 21.2 Å². The summed E-state index contributed by atoms with van der Waals surface area (Å²) in [6, 6.07) is 14.7. The van der Waals surface area contributed by atoms with Gasteiger partial charge in [-0.25, -0.2) is 0 Å². The third-order valence-corrected chi connectivity index (χ3v) is 4.88. The maximum absolute atomic E-state index is 12.3. The van der Waals surface area contributed by atoms with E-state index in [0.717, 1.165) is 28.7 Å². The van der Waals surface area contributed by atoms with E-state index < -0.39 is 0 Å². The maximum atomic E-state index is 12.3. The van der Waals surface area contributed by atoms with E-state index in [4.69, 9.17) is 16.3 Å². The topological polar surface area (TPSA) is 64.1 Å². The molecule has 5 nitrogen and oxygen atoms in total. The van der Waals surface area contributed by atoms with E-state index in [-0.39, 0.29) is 5.91 Å². The van der Waals surface area contributed by atoms with Crippen molar-refractivity contribution >= 4 is 29.2 Å². The molecule has 0 atom stereocenters. The molecule has 0 bridgehead atoms. The average Bonchev–Trinajstić information content (AvgIpc) is 3.06. The highest BCUT2D eigenvalue weighted by Gasteiger charge is 2.09. The van der Waals surface area contributed by atoms with Crippen LogP contribution in [0.4, 0.5) is 0 Å². The van der Waals surface area contributed by atoms with E-state index in [1.54, 1.807) is 18.2 Å². The summed E-state index contributed by atoms with van der Waals surface area (Å²) in [7, 11) is 0. The third-order valence-electron chi connectivity index (χ3n) is 3.86. The van der Waals surface area contributed by atoms with Crippen LogP contribution in [0, 0.1) is 6.92 Å². The summed E-state index contributed by atoms with van der Waals surface area (Å²) in [5, 5.41) is 3.62. The quantitative estimate of drug-likeness (QED) is 0.664. The van der Waals surface area contributed by atoms with Crippen LogP contribution in [0.2, 0.25) is 5.02 Å². The zero-order valence-corrected chi connectivity index (χ0v) is 15.8. The number of ether oxygens (including phenoxy) is 1. The Kier molecular flexibility index (Phi) is 6.20. The first-order valence-electron chi connectivity index (χ1n) is 8.16. The molecule has 1 N–H and O–H groups in total. The largest absolute Gasteiger partial charge is 0.487 e. The van der Waals surface area contributed by atoms with Gasteiger partial charge in [-0.2, -0.15) is 8.75 Å². The second kappa shape index (κ2) is 8.78. The Hall–Kier alpha value is -2.44. The molecule has 3 rings (SSSR count). The van der Waals surface area contributed by atoms with Crippen molar-refractivity contribution in [1.82, 2.24) is 14.1 Å². The van der Waals surface area contributed by atoms with Gasteiger partial charge in [-0.15, -0.1) is 0 Å². The van der Waals surface area contributed by atoms with Crippen molar-refractivity contribution in [3.8, 4) is 5.75 Å². The molecule has 1 aromatic heterocycles. The molecular weight excluding hydrogens is 370 g/mol. The monoisotopic (exact) mass is 387 g/mol. The summed E-state index contributed by atoms with van der Waals surface area (Å²) in [6.45, 7) is 2.74. The van der Waals surface area contributed by atoms with Crippen molar-refractivity contribution in [2.75, 3.05) is 6.54 Å². The van der Waals surface area contributed by atoms with Gasteiger partial charge in [-0.1, -0.05) is 35.9 Å². The summed E-state index contributed by atoms with van der Waals surface area (Å²) >= 11 is 7.29. The fraction of sp³-hybridized carbons (Fsp3) is 0.211. The zero-order valence-electron chi connectivity index (χ0n) is 14.2. The molecule has 0 saturated heterocycles. The molecule has 0 aliphatic carbocycles. The number of nitrogens with zero attached hydrogens (tertiary/aromatic N) is 2. The fourth-order valence-corrected chi connectivity index (χ4v) is 3.16. The Morgan fingerprint density at radius 3 is 2.81 bits per heavy atom. The number of hydrogen-bond acceptors (Lipinski definition) is 5. The van der Waals surface area contributed by atoms with Crippen LogP contribution in [0.5, 0.6) is 5.75 Å². The van der Waals surface area contributed by atoms with Gasteiger partial charge >= 0.3 is 0 Å². The molecule has 26 heavy (non-hydrogen) atoms. The lowest BCUT2D eigenvalue weighted by atomic mass is 10.1. The van der Waals surface area contributed by atoms with Gasteiger partial charge in [0.05, 0.1) is 17.4 Å². The normalized spacial score (nSPS) is 10.5. The van der Waals surface area contributed by atoms with Crippen LogP contribution >= 0.6 is 23.3 Å². The second-order valence-corrected chi connectivity index (χ2v) is 6.65. The van der Waals surface area contributed by atoms with Crippen LogP contribution in [0.1, 0.15) is 27.3 Å². The number of nitrogens with one attached hydrogen (secondary N) is 1. The molecule has 1 heterocycles. The molecule has 0 radical (unpaired) electrons. The second-order valence-electron chi connectivity index (χ2n) is 5.71. The van der Waals surface area contributed by atoms with Crippen LogP contribution in [0.3, 0.4) is 0 Å². The molecule has 3 aromatic rings. The van der Waals surface area contributed by atoms with E-state index >= 15 is 0 Å². The number of carbonyl (C=O) groups is 1. The molecule has 0 aliphatic heterocycles. The highest BCUT2D eigenvalue weighted by molar-refractivity contribution is 6.99. The first-order chi connectivity index (χ1) is 12.6. The summed E-state index contributed by atoms with van der Waals surface area (Å²) in [5.74, 6) is 0.477. The predicted octanol–water partition coefficient (Wildman–Crippen LogP) is 4.05. The van der Waals surface area contributed by atoms with Crippen LogP contribution in [-0.2, 0) is 13.0 Å². The van der Waals surface area contributed by atoms with Crippen molar-refractivity contribution in [2.45, 2.75) is 20.0 Å². The minimum absolute atomic E-state index is 0.144. The van der Waals surface area contributed by atoms with E-state index in [1.165, 1.54) is 0 Å². The van der Waals surface area contributed by atoms with E-state index in [9.17, 15) is 4.79 Å². The average molecular weight is 388 g/mol. The van der Waals surface area contributed by atoms with Gasteiger partial charge in [0.1, 0.15) is 18.1 Å². The van der Waals surface area contributed by atoms with Crippen LogP contribution < -0.4 is 10.1 Å².